The Kier molecular flexibility index (Phi) is 2.19. The number of nitrogens with one attached hydrogen (secondary N) is 1. The molecule has 0 unspecified atom stereocenters. The Hall–Kier alpha value is -2.24. The van der Waals surface area contributed by atoms with Crippen LogP contribution in [0, 0.1) is 22.9 Å². The Morgan fingerprint density at radius 3 is 2.75 bits per heavy atom. The molecule has 0 aliphatic rings. The minimum absolute atomic E-state index is 0.323. The fourth-order valence-electron chi connectivity index (χ4n) is 1.65. The van der Waals surface area contributed by atoms with Gasteiger partial charge in [0.15, 0.2) is 6.29 Å². The van der Waals surface area contributed by atoms with E-state index < -0.39 is 16.4 Å². The first kappa shape index (κ1) is 10.3. The molecule has 2 rings (SSSR count). The van der Waals surface area contributed by atoms with Crippen molar-refractivity contribution in [2.75, 3.05) is 0 Å². The lowest BCUT2D eigenvalue weighted by Gasteiger charge is -1.94. The van der Waals surface area contributed by atoms with Crippen molar-refractivity contribution in [3.05, 3.63) is 39.3 Å². The fraction of sp³-hybridized carbons (Fsp3) is 0.100. The number of nitro groups is 1. The molecule has 5 nitrogen and oxygen atoms in total. The number of carbonyl (C=O) groups is 1. The first-order chi connectivity index (χ1) is 7.54. The third-order valence-corrected chi connectivity index (χ3v) is 2.42. The van der Waals surface area contributed by atoms with Gasteiger partial charge in [-0.1, -0.05) is 0 Å². The summed E-state index contributed by atoms with van der Waals surface area (Å²) >= 11 is 0. The van der Waals surface area contributed by atoms with Gasteiger partial charge in [-0.3, -0.25) is 14.9 Å². The highest BCUT2D eigenvalue weighted by Gasteiger charge is 2.18. The normalized spacial score (nSPS) is 10.6. The van der Waals surface area contributed by atoms with Crippen molar-refractivity contribution in [3.63, 3.8) is 0 Å². The molecule has 2 aromatic rings. The molecule has 0 fully saturated rings. The number of aromatic amines is 1. The summed E-state index contributed by atoms with van der Waals surface area (Å²) in [6.45, 7) is 1.65. The van der Waals surface area contributed by atoms with Gasteiger partial charge in [-0.25, -0.2) is 0 Å². The zero-order valence-corrected chi connectivity index (χ0v) is 8.28. The van der Waals surface area contributed by atoms with Crippen molar-refractivity contribution >= 4 is 22.9 Å². The van der Waals surface area contributed by atoms with Crippen LogP contribution < -0.4 is 0 Å². The van der Waals surface area contributed by atoms with E-state index in [1.54, 1.807) is 6.92 Å². The third-order valence-electron chi connectivity index (χ3n) is 2.42. The van der Waals surface area contributed by atoms with Crippen LogP contribution in [0.15, 0.2) is 12.1 Å². The Balaban J connectivity index is 2.83. The molecule has 0 bridgehead atoms. The predicted molar refractivity (Wildman–Crippen MR) is 55.0 cm³/mol. The van der Waals surface area contributed by atoms with E-state index in [0.717, 1.165) is 12.1 Å². The van der Waals surface area contributed by atoms with Gasteiger partial charge in [0.1, 0.15) is 0 Å². The maximum atomic E-state index is 13.3. The number of hydrogen-bond acceptors (Lipinski definition) is 3. The molecular weight excluding hydrogens is 215 g/mol. The summed E-state index contributed by atoms with van der Waals surface area (Å²) in [7, 11) is 0. The fourth-order valence-corrected chi connectivity index (χ4v) is 1.65. The Bertz CT molecular complexity index is 604. The van der Waals surface area contributed by atoms with Gasteiger partial charge < -0.3 is 4.98 Å². The summed E-state index contributed by atoms with van der Waals surface area (Å²) in [6, 6.07) is 2.09. The smallest absolute Gasteiger partial charge is 0.306 e. The molecule has 0 spiro atoms. The summed E-state index contributed by atoms with van der Waals surface area (Å²) in [5.74, 6) is -0.945. The van der Waals surface area contributed by atoms with E-state index in [-0.39, 0.29) is 0 Å². The van der Waals surface area contributed by atoms with Gasteiger partial charge in [-0.2, -0.15) is 4.39 Å². The number of aryl methyl sites for hydroxylation is 1. The molecular formula is C10H7FN2O3. The van der Waals surface area contributed by atoms with Crippen LogP contribution in [0.3, 0.4) is 0 Å². The highest BCUT2D eigenvalue weighted by Crippen LogP contribution is 2.27. The molecule has 1 heterocycles. The van der Waals surface area contributed by atoms with Crippen LogP contribution in [0.2, 0.25) is 0 Å². The lowest BCUT2D eigenvalue weighted by atomic mass is 10.1. The molecule has 0 aliphatic heterocycles. The SMILES string of the molecule is Cc1[nH]c2cc([N+](=O)[O-])c(F)cc2c1C=O. The number of nitro benzene ring substituents is 1. The van der Waals surface area contributed by atoms with Gasteiger partial charge in [0.05, 0.1) is 10.4 Å². The number of aromatic nitrogens is 1. The number of nitrogens with zero attached hydrogens (tertiary/aromatic N) is 1. The second-order valence-corrected chi connectivity index (χ2v) is 3.39. The van der Waals surface area contributed by atoms with Gasteiger partial charge in [0.25, 0.3) is 0 Å². The maximum Gasteiger partial charge on any atom is 0.306 e. The van der Waals surface area contributed by atoms with Crippen LogP contribution in [0.5, 0.6) is 0 Å². The van der Waals surface area contributed by atoms with E-state index in [1.807, 2.05) is 0 Å². The first-order valence-electron chi connectivity index (χ1n) is 4.46. The summed E-state index contributed by atoms with van der Waals surface area (Å²) in [5.41, 5.74) is 0.660. The predicted octanol–water partition coefficient (Wildman–Crippen LogP) is 2.34. The van der Waals surface area contributed by atoms with Crippen molar-refractivity contribution in [3.8, 4) is 0 Å². The van der Waals surface area contributed by atoms with E-state index in [0.29, 0.717) is 28.4 Å². The minimum atomic E-state index is -0.945. The molecule has 1 aromatic carbocycles. The van der Waals surface area contributed by atoms with E-state index >= 15 is 0 Å². The average Bonchev–Trinajstić information content (AvgIpc) is 2.51. The number of benzene rings is 1. The van der Waals surface area contributed by atoms with E-state index in [4.69, 9.17) is 0 Å². The van der Waals surface area contributed by atoms with Crippen LogP contribution in [-0.4, -0.2) is 16.2 Å². The quantitative estimate of drug-likeness (QED) is 0.481. The van der Waals surface area contributed by atoms with Crippen LogP contribution in [0.1, 0.15) is 16.1 Å². The topological polar surface area (TPSA) is 76.0 Å². The highest BCUT2D eigenvalue weighted by atomic mass is 19.1. The lowest BCUT2D eigenvalue weighted by molar-refractivity contribution is -0.387. The second-order valence-electron chi connectivity index (χ2n) is 3.39. The molecule has 0 saturated heterocycles. The zero-order valence-electron chi connectivity index (χ0n) is 8.28. The third kappa shape index (κ3) is 1.35. The maximum absolute atomic E-state index is 13.3. The van der Waals surface area contributed by atoms with Gasteiger partial charge in [-0.05, 0) is 13.0 Å². The van der Waals surface area contributed by atoms with Gasteiger partial charge >= 0.3 is 5.69 Å². The Morgan fingerprint density at radius 1 is 1.50 bits per heavy atom. The Morgan fingerprint density at radius 2 is 2.19 bits per heavy atom. The van der Waals surface area contributed by atoms with Crippen molar-refractivity contribution in [2.24, 2.45) is 0 Å². The standard InChI is InChI=1S/C10H7FN2O3/c1-5-7(4-14)6-2-8(11)10(13(15)16)3-9(6)12-5/h2-4,12H,1H3. The molecule has 82 valence electrons. The molecule has 0 radical (unpaired) electrons. The molecule has 6 heteroatoms. The first-order valence-corrected chi connectivity index (χ1v) is 4.46. The average molecular weight is 222 g/mol. The van der Waals surface area contributed by atoms with E-state index in [9.17, 15) is 19.3 Å². The molecule has 1 N–H and O–H groups in total. The van der Waals surface area contributed by atoms with E-state index in [2.05, 4.69) is 4.98 Å². The highest BCUT2D eigenvalue weighted by molar-refractivity contribution is 5.99. The van der Waals surface area contributed by atoms with Gasteiger partial charge in [0.2, 0.25) is 5.82 Å². The molecule has 0 atom stereocenters. The Labute approximate surface area is 89.0 Å². The van der Waals surface area contributed by atoms with Crippen molar-refractivity contribution in [1.82, 2.24) is 4.98 Å². The molecule has 0 saturated carbocycles. The van der Waals surface area contributed by atoms with Gasteiger partial charge in [-0.15, -0.1) is 0 Å². The van der Waals surface area contributed by atoms with Crippen molar-refractivity contribution < 1.29 is 14.1 Å². The zero-order chi connectivity index (χ0) is 11.9. The van der Waals surface area contributed by atoms with E-state index in [1.165, 1.54) is 0 Å². The number of fused-ring (bicyclic) bond motifs is 1. The monoisotopic (exact) mass is 222 g/mol. The van der Waals surface area contributed by atoms with Crippen LogP contribution >= 0.6 is 0 Å². The summed E-state index contributed by atoms with van der Waals surface area (Å²) in [6.07, 6.45) is 0.597. The number of halogens is 1. The number of H-pyrrole nitrogens is 1. The van der Waals surface area contributed by atoms with Crippen molar-refractivity contribution in [2.45, 2.75) is 6.92 Å². The molecule has 0 aliphatic carbocycles. The van der Waals surface area contributed by atoms with Crippen molar-refractivity contribution in [1.29, 1.82) is 0 Å². The van der Waals surface area contributed by atoms with Gasteiger partial charge in [0, 0.05) is 22.7 Å². The largest absolute Gasteiger partial charge is 0.358 e. The summed E-state index contributed by atoms with van der Waals surface area (Å²) in [5, 5.41) is 10.9. The summed E-state index contributed by atoms with van der Waals surface area (Å²) < 4.78 is 13.3. The minimum Gasteiger partial charge on any atom is -0.358 e. The van der Waals surface area contributed by atoms with Crippen LogP contribution in [0.25, 0.3) is 10.9 Å². The van der Waals surface area contributed by atoms with Crippen LogP contribution in [-0.2, 0) is 0 Å². The number of carbonyl (C=O) groups excluding carboxylic acids is 1. The number of rotatable bonds is 2. The summed E-state index contributed by atoms with van der Waals surface area (Å²) in [4.78, 5) is 23.3. The molecule has 1 aromatic heterocycles. The number of aldehydes is 1. The second kappa shape index (κ2) is 3.41. The van der Waals surface area contributed by atoms with Crippen LogP contribution in [0.4, 0.5) is 10.1 Å². The number of hydrogen-bond donors (Lipinski definition) is 1. The molecule has 0 amide bonds. The molecule has 16 heavy (non-hydrogen) atoms. The lowest BCUT2D eigenvalue weighted by Crippen LogP contribution is -1.92.